The number of rotatable bonds is 11. The number of carbonyl (C=O) groups is 3. The lowest BCUT2D eigenvalue weighted by molar-refractivity contribution is -0.861. The molecule has 0 saturated heterocycles. The first-order chi connectivity index (χ1) is 12.3. The van der Waals surface area contributed by atoms with Crippen LogP contribution in [0.5, 0.6) is 0 Å². The van der Waals surface area contributed by atoms with Gasteiger partial charge in [-0.05, 0) is 20.3 Å². The minimum absolute atomic E-state index is 0.0524. The molecule has 0 aromatic carbocycles. The lowest BCUT2D eigenvalue weighted by Crippen LogP contribution is -2.39. The summed E-state index contributed by atoms with van der Waals surface area (Å²) in [6.07, 6.45) is 2.16. The molecular formula is C19H35NO6P+. The molecule has 0 fully saturated rings. The van der Waals surface area contributed by atoms with Crippen molar-refractivity contribution < 1.29 is 33.2 Å². The molecule has 7 nitrogen and oxygen atoms in total. The molecule has 0 rings (SSSR count). The Morgan fingerprint density at radius 1 is 0.963 bits per heavy atom. The number of quaternary nitrogens is 1. The van der Waals surface area contributed by atoms with Gasteiger partial charge >= 0.3 is 11.9 Å². The molecule has 1 unspecified atom stereocenters. The minimum atomic E-state index is -1.72. The number of hydrogen-bond acceptors (Lipinski definition) is 6. The van der Waals surface area contributed by atoms with Crippen molar-refractivity contribution >= 4 is 25.6 Å². The number of hydrogen-bond donors (Lipinski definition) is 1. The normalized spacial score (nSPS) is 11.5. The van der Waals surface area contributed by atoms with Gasteiger partial charge in [0.1, 0.15) is 14.7 Å². The highest BCUT2D eigenvalue weighted by atomic mass is 31.1. The fourth-order valence-electron chi connectivity index (χ4n) is 1.39. The molecule has 0 amide bonds. The van der Waals surface area contributed by atoms with Crippen molar-refractivity contribution in [1.29, 1.82) is 0 Å². The molecule has 0 spiro atoms. The summed E-state index contributed by atoms with van der Waals surface area (Å²) < 4.78 is 10.1. The molecule has 0 heterocycles. The van der Waals surface area contributed by atoms with E-state index >= 15 is 0 Å². The molecule has 0 aromatic heterocycles. The maximum Gasteiger partial charge on any atom is 0.333 e. The van der Waals surface area contributed by atoms with Gasteiger partial charge in [-0.2, -0.15) is 0 Å². The van der Waals surface area contributed by atoms with Crippen molar-refractivity contribution in [2.24, 2.45) is 0 Å². The Bertz CT molecular complexity index is 525. The fourth-order valence-corrected chi connectivity index (χ4v) is 2.49. The standard InChI is InChI=1S/C11H21NO4P.C8H14O2/c1-9(2)11(14)16-6-7-17(15)10(13)8-12(3,4)5;1-4-5-6-10-8(9)7(2)3/h15H,1,6-8H2,2-5H3;2,4-6H2,1,3H3/q+1;. The summed E-state index contributed by atoms with van der Waals surface area (Å²) in [7, 11) is 3.91. The molecular weight excluding hydrogens is 369 g/mol. The van der Waals surface area contributed by atoms with E-state index in [1.54, 1.807) is 13.8 Å². The second-order valence-corrected chi connectivity index (χ2v) is 8.90. The van der Waals surface area contributed by atoms with Gasteiger partial charge in [0.25, 0.3) is 0 Å². The van der Waals surface area contributed by atoms with Gasteiger partial charge in [0.2, 0.25) is 5.52 Å². The SMILES string of the molecule is C=C(C)C(=O)OCCCC.C=C(C)C(=O)OCCP(O)C(=O)C[N+](C)(C)C. The van der Waals surface area contributed by atoms with Crippen LogP contribution in [0.25, 0.3) is 0 Å². The second-order valence-electron chi connectivity index (χ2n) is 7.15. The summed E-state index contributed by atoms with van der Waals surface area (Å²) in [5.41, 5.74) is 0.597. The summed E-state index contributed by atoms with van der Waals surface area (Å²) in [6.45, 7) is 13.0. The zero-order chi connectivity index (χ0) is 21.6. The topological polar surface area (TPSA) is 89.9 Å². The molecule has 156 valence electrons. The van der Waals surface area contributed by atoms with E-state index in [-0.39, 0.29) is 30.8 Å². The maximum absolute atomic E-state index is 11.6. The zero-order valence-electron chi connectivity index (χ0n) is 17.5. The summed E-state index contributed by atoms with van der Waals surface area (Å²) >= 11 is 0. The molecule has 0 radical (unpaired) electrons. The molecule has 8 heteroatoms. The van der Waals surface area contributed by atoms with E-state index < -0.39 is 14.1 Å². The minimum Gasteiger partial charge on any atom is -0.462 e. The lowest BCUT2D eigenvalue weighted by atomic mass is 10.3. The van der Waals surface area contributed by atoms with E-state index in [2.05, 4.69) is 20.1 Å². The smallest absolute Gasteiger partial charge is 0.333 e. The molecule has 1 atom stereocenters. The van der Waals surface area contributed by atoms with Crippen LogP contribution in [0.2, 0.25) is 0 Å². The van der Waals surface area contributed by atoms with Crippen LogP contribution in [0.4, 0.5) is 0 Å². The highest BCUT2D eigenvalue weighted by Crippen LogP contribution is 2.30. The molecule has 1 N–H and O–H groups in total. The molecule has 0 aliphatic rings. The zero-order valence-corrected chi connectivity index (χ0v) is 18.4. The van der Waals surface area contributed by atoms with Crippen LogP contribution in [0.1, 0.15) is 33.6 Å². The van der Waals surface area contributed by atoms with Crippen molar-refractivity contribution in [3.63, 3.8) is 0 Å². The first-order valence-electron chi connectivity index (χ1n) is 8.76. The number of ether oxygens (including phenoxy) is 2. The van der Waals surface area contributed by atoms with Gasteiger partial charge in [-0.1, -0.05) is 26.5 Å². The maximum atomic E-state index is 11.6. The number of unbranched alkanes of at least 4 members (excludes halogenated alkanes) is 1. The fraction of sp³-hybridized carbons (Fsp3) is 0.632. The average molecular weight is 404 g/mol. The van der Waals surface area contributed by atoms with E-state index in [0.29, 0.717) is 22.2 Å². The predicted molar refractivity (Wildman–Crippen MR) is 108 cm³/mol. The summed E-state index contributed by atoms with van der Waals surface area (Å²) in [5.74, 6) is -0.777. The predicted octanol–water partition coefficient (Wildman–Crippen LogP) is 2.63. The van der Waals surface area contributed by atoms with E-state index in [0.717, 1.165) is 12.8 Å². The van der Waals surface area contributed by atoms with Gasteiger partial charge in [0.05, 0.1) is 34.4 Å². The average Bonchev–Trinajstić information content (AvgIpc) is 2.53. The molecule has 0 aliphatic heterocycles. The van der Waals surface area contributed by atoms with Gasteiger partial charge in [0, 0.05) is 17.3 Å². The van der Waals surface area contributed by atoms with Crippen LogP contribution < -0.4 is 0 Å². The van der Waals surface area contributed by atoms with Gasteiger partial charge < -0.3 is 18.9 Å². The first kappa shape index (κ1) is 27.7. The Labute approximate surface area is 164 Å². The number of carbonyl (C=O) groups excluding carboxylic acids is 3. The molecule has 27 heavy (non-hydrogen) atoms. The third kappa shape index (κ3) is 17.6. The van der Waals surface area contributed by atoms with E-state index in [9.17, 15) is 19.3 Å². The van der Waals surface area contributed by atoms with Crippen molar-refractivity contribution in [3.8, 4) is 0 Å². The van der Waals surface area contributed by atoms with Crippen LogP contribution in [-0.4, -0.2) is 73.9 Å². The van der Waals surface area contributed by atoms with Gasteiger partial charge in [-0.25, -0.2) is 9.59 Å². The molecule has 0 aliphatic carbocycles. The number of esters is 2. The van der Waals surface area contributed by atoms with E-state index in [1.807, 2.05) is 21.1 Å². The van der Waals surface area contributed by atoms with E-state index in [4.69, 9.17) is 9.47 Å². The van der Waals surface area contributed by atoms with Gasteiger partial charge in [-0.3, -0.25) is 4.79 Å². The number of nitrogens with zero attached hydrogens (tertiary/aromatic N) is 1. The van der Waals surface area contributed by atoms with Crippen LogP contribution in [-0.2, 0) is 23.9 Å². The Hall–Kier alpha value is -1.56. The Morgan fingerprint density at radius 3 is 1.78 bits per heavy atom. The second kappa shape index (κ2) is 14.5. The molecule has 0 bridgehead atoms. The highest BCUT2D eigenvalue weighted by molar-refractivity contribution is 7.69. The van der Waals surface area contributed by atoms with Crippen molar-refractivity contribution in [2.75, 3.05) is 47.1 Å². The highest BCUT2D eigenvalue weighted by Gasteiger charge is 2.22. The van der Waals surface area contributed by atoms with Crippen LogP contribution in [0, 0.1) is 0 Å². The third-order valence-electron chi connectivity index (χ3n) is 2.86. The number of likely N-dealkylation sites (N-methyl/N-ethyl adjacent to an activating group) is 1. The van der Waals surface area contributed by atoms with E-state index in [1.165, 1.54) is 0 Å². The van der Waals surface area contributed by atoms with Crippen molar-refractivity contribution in [1.82, 2.24) is 0 Å². The Balaban J connectivity index is 0. The van der Waals surface area contributed by atoms with Gasteiger partial charge in [-0.15, -0.1) is 0 Å². The van der Waals surface area contributed by atoms with Crippen LogP contribution in [0.3, 0.4) is 0 Å². The molecule has 0 saturated carbocycles. The Kier molecular flexibility index (Phi) is 14.8. The van der Waals surface area contributed by atoms with Crippen LogP contribution >= 0.6 is 8.15 Å². The third-order valence-corrected chi connectivity index (χ3v) is 4.19. The molecule has 0 aromatic rings. The first-order valence-corrected chi connectivity index (χ1v) is 10.2. The van der Waals surface area contributed by atoms with Crippen LogP contribution in [0.15, 0.2) is 24.3 Å². The van der Waals surface area contributed by atoms with Gasteiger partial charge in [0.15, 0.2) is 0 Å². The Morgan fingerprint density at radius 2 is 1.41 bits per heavy atom. The van der Waals surface area contributed by atoms with Crippen molar-refractivity contribution in [2.45, 2.75) is 33.6 Å². The van der Waals surface area contributed by atoms with Crippen molar-refractivity contribution in [3.05, 3.63) is 24.3 Å². The summed E-state index contributed by atoms with van der Waals surface area (Å²) in [6, 6.07) is 0. The summed E-state index contributed by atoms with van der Waals surface area (Å²) in [4.78, 5) is 42.9. The monoisotopic (exact) mass is 404 g/mol. The summed E-state index contributed by atoms with van der Waals surface area (Å²) in [5, 5.41) is 0. The quantitative estimate of drug-likeness (QED) is 0.187. The lowest BCUT2D eigenvalue weighted by Gasteiger charge is -2.23. The largest absolute Gasteiger partial charge is 0.462 e.